The van der Waals surface area contributed by atoms with Crippen molar-refractivity contribution in [2.45, 2.75) is 6.42 Å². The zero-order valence-corrected chi connectivity index (χ0v) is 9.06. The topological polar surface area (TPSA) is 58.4 Å². The van der Waals surface area contributed by atoms with Crippen LogP contribution in [0.15, 0.2) is 17.0 Å². The van der Waals surface area contributed by atoms with Gasteiger partial charge in [-0.2, -0.15) is 0 Å². The Kier molecular flexibility index (Phi) is 2.40. The van der Waals surface area contributed by atoms with Crippen LogP contribution in [0.25, 0.3) is 0 Å². The van der Waals surface area contributed by atoms with Crippen LogP contribution in [0.1, 0.15) is 16.8 Å². The molecule has 2 unspecified atom stereocenters. The zero-order valence-electron chi connectivity index (χ0n) is 9.06. The van der Waals surface area contributed by atoms with Crippen molar-refractivity contribution in [3.05, 3.63) is 18.0 Å². The van der Waals surface area contributed by atoms with E-state index in [0.717, 1.165) is 38.5 Å². The molecule has 16 heavy (non-hydrogen) atoms. The molecule has 1 aromatic heterocycles. The standard InChI is InChI=1S/C11H15N3O2/c15-11(10-5-13-16-7-10)14-2-1-8-3-12-4-9(8)6-14/h5,7-9,12H,1-4,6H2. The molecule has 0 spiro atoms. The minimum absolute atomic E-state index is 0.0478. The van der Waals surface area contributed by atoms with E-state index in [1.54, 1.807) is 0 Å². The second-order valence-corrected chi connectivity index (χ2v) is 4.63. The zero-order chi connectivity index (χ0) is 11.0. The number of likely N-dealkylation sites (tertiary alicyclic amines) is 1. The average Bonchev–Trinajstić information content (AvgIpc) is 2.98. The number of amides is 1. The predicted octanol–water partition coefficient (Wildman–Crippen LogP) is 0.356. The van der Waals surface area contributed by atoms with Crippen LogP contribution in [-0.2, 0) is 0 Å². The summed E-state index contributed by atoms with van der Waals surface area (Å²) in [6.07, 6.45) is 4.01. The van der Waals surface area contributed by atoms with Crippen LogP contribution in [0.5, 0.6) is 0 Å². The number of piperidine rings is 1. The highest BCUT2D eigenvalue weighted by Gasteiger charge is 2.34. The van der Waals surface area contributed by atoms with Gasteiger partial charge in [0.15, 0.2) is 0 Å². The average molecular weight is 221 g/mol. The van der Waals surface area contributed by atoms with Gasteiger partial charge >= 0.3 is 0 Å². The Balaban J connectivity index is 1.70. The molecule has 2 atom stereocenters. The lowest BCUT2D eigenvalue weighted by Gasteiger charge is -2.34. The third-order valence-corrected chi connectivity index (χ3v) is 3.67. The summed E-state index contributed by atoms with van der Waals surface area (Å²) in [5.74, 6) is 1.43. The fourth-order valence-corrected chi connectivity index (χ4v) is 2.71. The number of rotatable bonds is 1. The van der Waals surface area contributed by atoms with Gasteiger partial charge in [-0.3, -0.25) is 4.79 Å². The normalized spacial score (nSPS) is 29.1. The maximum Gasteiger partial charge on any atom is 0.258 e. The predicted molar refractivity (Wildman–Crippen MR) is 56.9 cm³/mol. The summed E-state index contributed by atoms with van der Waals surface area (Å²) < 4.78 is 4.70. The fourth-order valence-electron chi connectivity index (χ4n) is 2.71. The molecule has 0 aliphatic carbocycles. The van der Waals surface area contributed by atoms with Crippen molar-refractivity contribution in [3.63, 3.8) is 0 Å². The Bertz CT molecular complexity index is 377. The first-order chi connectivity index (χ1) is 7.84. The molecular weight excluding hydrogens is 206 g/mol. The van der Waals surface area contributed by atoms with E-state index in [0.29, 0.717) is 11.5 Å². The molecule has 1 aromatic rings. The quantitative estimate of drug-likeness (QED) is 0.743. The molecule has 2 fully saturated rings. The SMILES string of the molecule is O=C(c1cnoc1)N1CCC2CNCC2C1. The van der Waals surface area contributed by atoms with Gasteiger partial charge in [-0.1, -0.05) is 5.16 Å². The monoisotopic (exact) mass is 221 g/mol. The highest BCUT2D eigenvalue weighted by Crippen LogP contribution is 2.27. The number of nitrogens with one attached hydrogen (secondary N) is 1. The van der Waals surface area contributed by atoms with Gasteiger partial charge in [0.05, 0.1) is 11.8 Å². The van der Waals surface area contributed by atoms with Gasteiger partial charge in [-0.15, -0.1) is 0 Å². The van der Waals surface area contributed by atoms with Crippen LogP contribution in [0, 0.1) is 11.8 Å². The van der Waals surface area contributed by atoms with E-state index in [2.05, 4.69) is 10.5 Å². The number of fused-ring (bicyclic) bond motifs is 1. The molecule has 1 N–H and O–H groups in total. The van der Waals surface area contributed by atoms with Gasteiger partial charge in [0.25, 0.3) is 5.91 Å². The highest BCUT2D eigenvalue weighted by molar-refractivity contribution is 5.93. The number of carbonyl (C=O) groups excluding carboxylic acids is 1. The van der Waals surface area contributed by atoms with E-state index in [1.165, 1.54) is 12.5 Å². The molecule has 0 radical (unpaired) electrons. The van der Waals surface area contributed by atoms with Gasteiger partial charge in [0, 0.05) is 13.1 Å². The first-order valence-corrected chi connectivity index (χ1v) is 5.74. The molecular formula is C11H15N3O2. The molecule has 0 saturated carbocycles. The third kappa shape index (κ3) is 1.61. The van der Waals surface area contributed by atoms with Crippen molar-refractivity contribution in [3.8, 4) is 0 Å². The first-order valence-electron chi connectivity index (χ1n) is 5.74. The van der Waals surface area contributed by atoms with Crippen LogP contribution < -0.4 is 5.32 Å². The van der Waals surface area contributed by atoms with Crippen molar-refractivity contribution in [2.75, 3.05) is 26.2 Å². The maximum absolute atomic E-state index is 12.1. The van der Waals surface area contributed by atoms with E-state index in [1.807, 2.05) is 4.90 Å². The summed E-state index contributed by atoms with van der Waals surface area (Å²) in [6, 6.07) is 0. The van der Waals surface area contributed by atoms with Crippen LogP contribution in [0.2, 0.25) is 0 Å². The minimum atomic E-state index is 0.0478. The van der Waals surface area contributed by atoms with E-state index in [9.17, 15) is 4.79 Å². The molecule has 2 saturated heterocycles. The van der Waals surface area contributed by atoms with Crippen LogP contribution in [0.3, 0.4) is 0 Å². The number of hydrogen-bond donors (Lipinski definition) is 1. The maximum atomic E-state index is 12.1. The summed E-state index contributed by atoms with van der Waals surface area (Å²) in [6.45, 7) is 3.87. The van der Waals surface area contributed by atoms with Crippen molar-refractivity contribution in [2.24, 2.45) is 11.8 Å². The highest BCUT2D eigenvalue weighted by atomic mass is 16.5. The van der Waals surface area contributed by atoms with Crippen molar-refractivity contribution < 1.29 is 9.32 Å². The van der Waals surface area contributed by atoms with Crippen molar-refractivity contribution in [1.82, 2.24) is 15.4 Å². The van der Waals surface area contributed by atoms with E-state index in [4.69, 9.17) is 4.52 Å². The number of nitrogens with zero attached hydrogens (tertiary/aromatic N) is 2. The van der Waals surface area contributed by atoms with Crippen molar-refractivity contribution in [1.29, 1.82) is 0 Å². The van der Waals surface area contributed by atoms with Gasteiger partial charge in [0.1, 0.15) is 6.26 Å². The van der Waals surface area contributed by atoms with Crippen LogP contribution in [-0.4, -0.2) is 42.1 Å². The number of hydrogen-bond acceptors (Lipinski definition) is 4. The smallest absolute Gasteiger partial charge is 0.258 e. The van der Waals surface area contributed by atoms with Gasteiger partial charge in [-0.05, 0) is 31.3 Å². The van der Waals surface area contributed by atoms with E-state index in [-0.39, 0.29) is 5.91 Å². The van der Waals surface area contributed by atoms with Crippen LogP contribution in [0.4, 0.5) is 0 Å². The van der Waals surface area contributed by atoms with Gasteiger partial charge in [-0.25, -0.2) is 0 Å². The van der Waals surface area contributed by atoms with Crippen LogP contribution >= 0.6 is 0 Å². The molecule has 3 heterocycles. The molecule has 0 bridgehead atoms. The molecule has 5 nitrogen and oxygen atoms in total. The Labute approximate surface area is 93.8 Å². The Morgan fingerprint density at radius 2 is 2.38 bits per heavy atom. The summed E-state index contributed by atoms with van der Waals surface area (Å²) >= 11 is 0. The van der Waals surface area contributed by atoms with Gasteiger partial charge < -0.3 is 14.7 Å². The Morgan fingerprint density at radius 1 is 1.50 bits per heavy atom. The molecule has 0 aromatic carbocycles. The lowest BCUT2D eigenvalue weighted by atomic mass is 9.88. The largest absolute Gasteiger partial charge is 0.364 e. The van der Waals surface area contributed by atoms with E-state index >= 15 is 0 Å². The minimum Gasteiger partial charge on any atom is -0.364 e. The number of carbonyl (C=O) groups is 1. The van der Waals surface area contributed by atoms with Gasteiger partial charge in [0.2, 0.25) is 0 Å². The molecule has 1 amide bonds. The Hall–Kier alpha value is -1.36. The summed E-state index contributed by atoms with van der Waals surface area (Å²) in [4.78, 5) is 14.0. The molecule has 5 heteroatoms. The molecule has 86 valence electrons. The molecule has 2 aliphatic rings. The van der Waals surface area contributed by atoms with Crippen molar-refractivity contribution >= 4 is 5.91 Å². The second-order valence-electron chi connectivity index (χ2n) is 4.63. The number of aromatic nitrogens is 1. The molecule has 3 rings (SSSR count). The fraction of sp³-hybridized carbons (Fsp3) is 0.636. The third-order valence-electron chi connectivity index (χ3n) is 3.67. The summed E-state index contributed by atoms with van der Waals surface area (Å²) in [5, 5.41) is 6.96. The lowest BCUT2D eigenvalue weighted by molar-refractivity contribution is 0.0642. The summed E-state index contributed by atoms with van der Waals surface area (Å²) in [5.41, 5.74) is 0.560. The summed E-state index contributed by atoms with van der Waals surface area (Å²) in [7, 11) is 0. The Morgan fingerprint density at radius 3 is 3.19 bits per heavy atom. The lowest BCUT2D eigenvalue weighted by Crippen LogP contribution is -2.43. The molecule has 2 aliphatic heterocycles. The second kappa shape index (κ2) is 3.90. The first kappa shape index (κ1) is 9.84. The van der Waals surface area contributed by atoms with E-state index < -0.39 is 0 Å².